The second kappa shape index (κ2) is 7.81. The van der Waals surface area contributed by atoms with Gasteiger partial charge in [0.1, 0.15) is 6.04 Å². The molecule has 0 saturated carbocycles. The number of rotatable bonds is 4. The molecule has 3 N–H and O–H groups in total. The molecule has 1 saturated heterocycles. The van der Waals surface area contributed by atoms with E-state index in [-0.39, 0.29) is 24.9 Å². The van der Waals surface area contributed by atoms with Crippen LogP contribution in [0.15, 0.2) is 60.7 Å². The van der Waals surface area contributed by atoms with Crippen LogP contribution < -0.4 is 10.6 Å². The van der Waals surface area contributed by atoms with E-state index < -0.39 is 12.1 Å². The van der Waals surface area contributed by atoms with Gasteiger partial charge in [0.15, 0.2) is 0 Å². The van der Waals surface area contributed by atoms with Gasteiger partial charge in [0.05, 0.1) is 6.10 Å². The summed E-state index contributed by atoms with van der Waals surface area (Å²) < 4.78 is 0. The Morgan fingerprint density at radius 2 is 1.68 bits per heavy atom. The number of amides is 3. The number of anilines is 1. The highest BCUT2D eigenvalue weighted by atomic mass is 16.3. The van der Waals surface area contributed by atoms with Crippen molar-refractivity contribution in [2.24, 2.45) is 0 Å². The molecule has 3 rings (SSSR count). The topological polar surface area (TPSA) is 81.7 Å². The van der Waals surface area contributed by atoms with E-state index in [9.17, 15) is 14.7 Å². The van der Waals surface area contributed by atoms with Crippen LogP contribution in [-0.2, 0) is 11.3 Å². The Hall–Kier alpha value is -2.86. The zero-order valence-corrected chi connectivity index (χ0v) is 13.8. The molecule has 0 spiro atoms. The number of aliphatic hydroxyl groups excluding tert-OH is 1. The van der Waals surface area contributed by atoms with Crippen molar-refractivity contribution in [2.75, 3.05) is 11.9 Å². The van der Waals surface area contributed by atoms with Gasteiger partial charge in [0, 0.05) is 25.2 Å². The maximum Gasteiger partial charge on any atom is 0.322 e. The van der Waals surface area contributed by atoms with Crippen molar-refractivity contribution in [1.82, 2.24) is 10.2 Å². The van der Waals surface area contributed by atoms with Crippen molar-refractivity contribution in [3.8, 4) is 0 Å². The summed E-state index contributed by atoms with van der Waals surface area (Å²) in [5.74, 6) is -0.261. The predicted octanol–water partition coefficient (Wildman–Crippen LogP) is 1.97. The molecule has 0 unspecified atom stereocenters. The lowest BCUT2D eigenvalue weighted by Crippen LogP contribution is -2.47. The fourth-order valence-electron chi connectivity index (χ4n) is 2.91. The van der Waals surface area contributed by atoms with Gasteiger partial charge >= 0.3 is 6.03 Å². The summed E-state index contributed by atoms with van der Waals surface area (Å²) in [6.07, 6.45) is -0.461. The van der Waals surface area contributed by atoms with Crippen molar-refractivity contribution >= 4 is 17.6 Å². The van der Waals surface area contributed by atoms with Gasteiger partial charge in [-0.3, -0.25) is 4.79 Å². The number of β-amino-alcohol motifs (C(OH)–C–C–N with tert-alkyl or cyclic N) is 1. The molecule has 0 aliphatic carbocycles. The molecule has 1 heterocycles. The molecule has 25 heavy (non-hydrogen) atoms. The van der Waals surface area contributed by atoms with E-state index in [0.717, 1.165) is 5.56 Å². The molecule has 130 valence electrons. The maximum absolute atomic E-state index is 12.5. The third kappa shape index (κ3) is 4.36. The van der Waals surface area contributed by atoms with Gasteiger partial charge < -0.3 is 20.6 Å². The molecule has 0 radical (unpaired) electrons. The predicted molar refractivity (Wildman–Crippen MR) is 94.9 cm³/mol. The first-order valence-corrected chi connectivity index (χ1v) is 8.26. The van der Waals surface area contributed by atoms with Gasteiger partial charge in [-0.2, -0.15) is 0 Å². The average Bonchev–Trinajstić information content (AvgIpc) is 3.03. The Morgan fingerprint density at radius 1 is 1.04 bits per heavy atom. The third-order valence-corrected chi connectivity index (χ3v) is 4.18. The fraction of sp³-hybridized carbons (Fsp3) is 0.263. The molecule has 0 bridgehead atoms. The quantitative estimate of drug-likeness (QED) is 0.796. The van der Waals surface area contributed by atoms with Crippen LogP contribution in [0.1, 0.15) is 12.0 Å². The Labute approximate surface area is 146 Å². The average molecular weight is 339 g/mol. The number of benzene rings is 2. The summed E-state index contributed by atoms with van der Waals surface area (Å²) >= 11 is 0. The maximum atomic E-state index is 12.5. The van der Waals surface area contributed by atoms with Crippen molar-refractivity contribution in [2.45, 2.75) is 25.1 Å². The molecule has 1 aliphatic heterocycles. The minimum absolute atomic E-state index is 0.141. The number of nitrogens with zero attached hydrogens (tertiary/aromatic N) is 1. The van der Waals surface area contributed by atoms with E-state index in [2.05, 4.69) is 10.6 Å². The highest BCUT2D eigenvalue weighted by molar-refractivity contribution is 5.94. The molecule has 0 aromatic heterocycles. The number of nitrogens with one attached hydrogen (secondary N) is 2. The molecular formula is C19H21N3O3. The molecular weight excluding hydrogens is 318 g/mol. The highest BCUT2D eigenvalue weighted by Crippen LogP contribution is 2.20. The summed E-state index contributed by atoms with van der Waals surface area (Å²) in [7, 11) is 0. The number of para-hydroxylation sites is 1. The SMILES string of the molecule is O=C(NCc1ccccc1)[C@H]1C[C@H](O)CN1C(=O)Nc1ccccc1. The summed E-state index contributed by atoms with van der Waals surface area (Å²) in [4.78, 5) is 26.3. The number of hydrogen-bond donors (Lipinski definition) is 3. The molecule has 1 aliphatic rings. The largest absolute Gasteiger partial charge is 0.391 e. The third-order valence-electron chi connectivity index (χ3n) is 4.18. The van der Waals surface area contributed by atoms with Crippen LogP contribution in [0, 0.1) is 0 Å². The smallest absolute Gasteiger partial charge is 0.322 e. The summed E-state index contributed by atoms with van der Waals surface area (Å²) in [6.45, 7) is 0.530. The van der Waals surface area contributed by atoms with Crippen molar-refractivity contribution in [1.29, 1.82) is 0 Å². The number of hydrogen-bond acceptors (Lipinski definition) is 3. The van der Waals surface area contributed by atoms with Crippen LogP contribution in [-0.4, -0.2) is 40.6 Å². The van der Waals surface area contributed by atoms with Crippen molar-refractivity contribution in [3.05, 3.63) is 66.2 Å². The lowest BCUT2D eigenvalue weighted by Gasteiger charge is -2.24. The summed E-state index contributed by atoms with van der Waals surface area (Å²) in [6, 6.07) is 17.5. The molecule has 2 aromatic carbocycles. The molecule has 1 fully saturated rings. The fourth-order valence-corrected chi connectivity index (χ4v) is 2.91. The molecule has 3 amide bonds. The molecule has 6 heteroatoms. The Kier molecular flexibility index (Phi) is 5.30. The number of carbonyl (C=O) groups excluding carboxylic acids is 2. The van der Waals surface area contributed by atoms with Gasteiger partial charge in [-0.25, -0.2) is 4.79 Å². The first-order chi connectivity index (χ1) is 12.1. The van der Waals surface area contributed by atoms with Gasteiger partial charge in [-0.05, 0) is 17.7 Å². The van der Waals surface area contributed by atoms with Crippen LogP contribution in [0.25, 0.3) is 0 Å². The number of carbonyl (C=O) groups is 2. The lowest BCUT2D eigenvalue weighted by atomic mass is 10.1. The number of urea groups is 1. The summed E-state index contributed by atoms with van der Waals surface area (Å²) in [5.41, 5.74) is 1.63. The van der Waals surface area contributed by atoms with Gasteiger partial charge in [-0.15, -0.1) is 0 Å². The van der Waals surface area contributed by atoms with E-state index in [1.165, 1.54) is 4.90 Å². The van der Waals surface area contributed by atoms with Crippen LogP contribution in [0.2, 0.25) is 0 Å². The zero-order valence-electron chi connectivity index (χ0n) is 13.8. The second-order valence-electron chi connectivity index (χ2n) is 6.06. The molecule has 6 nitrogen and oxygen atoms in total. The first-order valence-electron chi connectivity index (χ1n) is 8.26. The van der Waals surface area contributed by atoms with E-state index in [1.807, 2.05) is 48.5 Å². The Morgan fingerprint density at radius 3 is 2.36 bits per heavy atom. The Balaban J connectivity index is 1.62. The molecule has 2 atom stereocenters. The first kappa shape index (κ1) is 17.0. The highest BCUT2D eigenvalue weighted by Gasteiger charge is 2.38. The van der Waals surface area contributed by atoms with Gasteiger partial charge in [0.25, 0.3) is 0 Å². The van der Waals surface area contributed by atoms with E-state index in [1.54, 1.807) is 12.1 Å². The monoisotopic (exact) mass is 339 g/mol. The zero-order chi connectivity index (χ0) is 17.6. The normalized spacial score (nSPS) is 19.5. The minimum atomic E-state index is -0.700. The Bertz CT molecular complexity index is 721. The minimum Gasteiger partial charge on any atom is -0.391 e. The van der Waals surface area contributed by atoms with Crippen molar-refractivity contribution < 1.29 is 14.7 Å². The number of likely N-dealkylation sites (tertiary alicyclic amines) is 1. The van der Waals surface area contributed by atoms with Crippen LogP contribution >= 0.6 is 0 Å². The van der Waals surface area contributed by atoms with Crippen LogP contribution in [0.5, 0.6) is 0 Å². The van der Waals surface area contributed by atoms with Crippen molar-refractivity contribution in [3.63, 3.8) is 0 Å². The van der Waals surface area contributed by atoms with Gasteiger partial charge in [-0.1, -0.05) is 48.5 Å². The number of aliphatic hydroxyl groups is 1. The lowest BCUT2D eigenvalue weighted by molar-refractivity contribution is -0.124. The second-order valence-corrected chi connectivity index (χ2v) is 6.06. The van der Waals surface area contributed by atoms with Crippen LogP contribution in [0.3, 0.4) is 0 Å². The standard InChI is InChI=1S/C19H21N3O3/c23-16-11-17(18(24)20-12-14-7-3-1-4-8-14)22(13-16)19(25)21-15-9-5-2-6-10-15/h1-10,16-17,23H,11-13H2,(H,20,24)(H,21,25)/t16-,17+/m0/s1. The van der Waals surface area contributed by atoms with E-state index in [0.29, 0.717) is 12.2 Å². The van der Waals surface area contributed by atoms with Crippen LogP contribution in [0.4, 0.5) is 10.5 Å². The van der Waals surface area contributed by atoms with E-state index >= 15 is 0 Å². The molecule has 2 aromatic rings. The summed E-state index contributed by atoms with van der Waals surface area (Å²) in [5, 5.41) is 15.5. The van der Waals surface area contributed by atoms with Gasteiger partial charge in [0.2, 0.25) is 5.91 Å². The van der Waals surface area contributed by atoms with E-state index in [4.69, 9.17) is 0 Å².